The van der Waals surface area contributed by atoms with Gasteiger partial charge in [-0.3, -0.25) is 19.2 Å². The zero-order valence-electron chi connectivity index (χ0n) is 26.0. The van der Waals surface area contributed by atoms with Gasteiger partial charge in [0.05, 0.1) is 26.6 Å². The second kappa shape index (κ2) is 13.5. The molecule has 0 radical (unpaired) electrons. The molecule has 0 spiro atoms. The lowest BCUT2D eigenvalue weighted by Gasteiger charge is -2.29. The number of hydrogen-bond donors (Lipinski definition) is 2. The summed E-state index contributed by atoms with van der Waals surface area (Å²) in [5, 5.41) is 3.86. The van der Waals surface area contributed by atoms with E-state index in [9.17, 15) is 40.8 Å². The average Bonchev–Trinajstić information content (AvgIpc) is 3.96. The number of Topliss-reactive ketones (excluding diaryl/α,β-unsaturated/α-hetero) is 1. The van der Waals surface area contributed by atoms with Crippen molar-refractivity contribution in [1.82, 2.24) is 15.5 Å². The van der Waals surface area contributed by atoms with Gasteiger partial charge in [0.15, 0.2) is 15.9 Å². The summed E-state index contributed by atoms with van der Waals surface area (Å²) in [6.07, 6.45) is -4.77. The Morgan fingerprint density at radius 3 is 2.25 bits per heavy atom. The molecule has 1 aliphatic heterocycles. The molecule has 2 N–H and O–H groups in total. The number of ether oxygens (including phenoxy) is 1. The molecule has 3 amide bonds. The van der Waals surface area contributed by atoms with Crippen LogP contribution in [0.2, 0.25) is 10.0 Å². The van der Waals surface area contributed by atoms with E-state index in [0.717, 1.165) is 38.0 Å². The summed E-state index contributed by atoms with van der Waals surface area (Å²) >= 11 is 12.3. The number of nitrogens with one attached hydrogen (secondary N) is 2. The Bertz CT molecular complexity index is 1710. The molecule has 0 aromatic heterocycles. The van der Waals surface area contributed by atoms with E-state index in [4.69, 9.17) is 27.9 Å². The minimum Gasteiger partial charge on any atom is -0.481 e. The highest BCUT2D eigenvalue weighted by Crippen LogP contribution is 2.51. The molecule has 2 aliphatic carbocycles. The third-order valence-corrected chi connectivity index (χ3v) is 11.8. The number of carbonyl (C=O) groups is 4. The first-order chi connectivity index (χ1) is 22.5. The van der Waals surface area contributed by atoms with Crippen LogP contribution in [0.1, 0.15) is 57.9 Å². The average molecular weight is 733 g/mol. The Labute approximate surface area is 285 Å². The van der Waals surface area contributed by atoms with Crippen molar-refractivity contribution in [3.05, 3.63) is 58.1 Å². The van der Waals surface area contributed by atoms with E-state index in [0.29, 0.717) is 23.4 Å². The van der Waals surface area contributed by atoms with Gasteiger partial charge < -0.3 is 20.3 Å². The number of amides is 3. The summed E-state index contributed by atoms with van der Waals surface area (Å²) in [5.41, 5.74) is -0.370. The van der Waals surface area contributed by atoms with Crippen molar-refractivity contribution < 1.29 is 45.5 Å². The van der Waals surface area contributed by atoms with Crippen LogP contribution in [0.4, 0.5) is 13.2 Å². The van der Waals surface area contributed by atoms with Crippen molar-refractivity contribution in [3.8, 4) is 5.75 Å². The van der Waals surface area contributed by atoms with Gasteiger partial charge in [-0.05, 0) is 75.3 Å². The summed E-state index contributed by atoms with van der Waals surface area (Å²) < 4.78 is 71.8. The van der Waals surface area contributed by atoms with Crippen molar-refractivity contribution in [3.63, 3.8) is 0 Å². The number of carbonyl (C=O) groups excluding carboxylic acids is 4. The Morgan fingerprint density at radius 2 is 1.71 bits per heavy atom. The topological polar surface area (TPSA) is 139 Å². The fourth-order valence-electron chi connectivity index (χ4n) is 5.79. The molecule has 0 bridgehead atoms. The molecule has 2 unspecified atom stereocenters. The van der Waals surface area contributed by atoms with Crippen LogP contribution in [0, 0.1) is 0 Å². The van der Waals surface area contributed by atoms with Crippen molar-refractivity contribution in [2.24, 2.45) is 0 Å². The maximum Gasteiger partial charge on any atom is 0.425 e. The highest BCUT2D eigenvalue weighted by atomic mass is 35.5. The van der Waals surface area contributed by atoms with Gasteiger partial charge in [-0.15, -0.1) is 0 Å². The Morgan fingerprint density at radius 1 is 1.06 bits per heavy atom. The summed E-state index contributed by atoms with van der Waals surface area (Å²) in [6, 6.07) is 7.04. The minimum atomic E-state index is -4.67. The maximum absolute atomic E-state index is 14.2. The molecule has 3 fully saturated rings. The van der Waals surface area contributed by atoms with E-state index in [-0.39, 0.29) is 24.6 Å². The van der Waals surface area contributed by atoms with Crippen LogP contribution < -0.4 is 15.4 Å². The molecule has 2 aromatic rings. The Kier molecular flexibility index (Phi) is 10.1. The van der Waals surface area contributed by atoms with Crippen molar-refractivity contribution >= 4 is 56.5 Å². The van der Waals surface area contributed by atoms with Gasteiger partial charge in [0.1, 0.15) is 11.8 Å². The van der Waals surface area contributed by atoms with Crippen LogP contribution in [0.25, 0.3) is 0 Å². The predicted octanol–water partition coefficient (Wildman–Crippen LogP) is 4.54. The largest absolute Gasteiger partial charge is 0.481 e. The Balaban J connectivity index is 1.42. The molecule has 3 aliphatic rings. The first kappa shape index (κ1) is 35.9. The summed E-state index contributed by atoms with van der Waals surface area (Å²) in [5.74, 6) is -3.28. The first-order valence-electron chi connectivity index (χ1n) is 15.5. The molecule has 48 heavy (non-hydrogen) atoms. The first-order valence-corrected chi connectivity index (χ1v) is 17.8. The van der Waals surface area contributed by atoms with E-state index in [2.05, 4.69) is 10.6 Å². The van der Waals surface area contributed by atoms with Gasteiger partial charge in [-0.2, -0.15) is 13.2 Å². The highest BCUT2D eigenvalue weighted by molar-refractivity contribution is 7.92. The van der Waals surface area contributed by atoms with Crippen LogP contribution in [-0.2, 0) is 34.4 Å². The highest BCUT2D eigenvalue weighted by Gasteiger charge is 2.57. The van der Waals surface area contributed by atoms with E-state index in [1.165, 1.54) is 4.90 Å². The number of halogens is 5. The number of benzene rings is 2. The van der Waals surface area contributed by atoms with Gasteiger partial charge in [-0.25, -0.2) is 8.42 Å². The zero-order chi connectivity index (χ0) is 35.2. The van der Waals surface area contributed by atoms with Crippen LogP contribution in [0.5, 0.6) is 5.75 Å². The number of ketones is 1. The fraction of sp³-hybridized carbons (Fsp3) is 0.500. The molecule has 16 heteroatoms. The number of sulfone groups is 1. The minimum absolute atomic E-state index is 0.0662. The van der Waals surface area contributed by atoms with Crippen LogP contribution in [-0.4, -0.2) is 79.0 Å². The molecule has 4 atom stereocenters. The lowest BCUT2D eigenvalue weighted by atomic mass is 9.94. The van der Waals surface area contributed by atoms with Crippen LogP contribution in [0.15, 0.2) is 47.4 Å². The van der Waals surface area contributed by atoms with E-state index in [1.54, 1.807) is 31.2 Å². The normalized spacial score (nSPS) is 21.6. The standard InChI is InChI=1S/C32H34Cl2F3N3O7S/c1-3-24(27(41)29(43)38-20-8-9-20)39-28(42)25-15-22(16-40(25)30(44)31(12-13-31)18-4-6-19(33)7-5-18)48(45,46)26-11-10-21(14-23(26)34)47-17(2)32(35,36)37/h4-7,10-11,14,17,20,22,24-25H,3,8-9,12-13,15-16H2,1-2H3,(H,38,43)(H,39,42)/t17?,22-,24?,25+/m1/s1. The number of rotatable bonds is 12. The summed E-state index contributed by atoms with van der Waals surface area (Å²) in [7, 11) is -4.37. The summed E-state index contributed by atoms with van der Waals surface area (Å²) in [4.78, 5) is 54.1. The van der Waals surface area contributed by atoms with Gasteiger partial charge in [0.2, 0.25) is 17.6 Å². The third-order valence-electron chi connectivity index (χ3n) is 8.98. The molecule has 2 saturated carbocycles. The van der Waals surface area contributed by atoms with Gasteiger partial charge in [0.25, 0.3) is 5.91 Å². The Hall–Kier alpha value is -3.36. The number of alkyl halides is 3. The fourth-order valence-corrected chi connectivity index (χ4v) is 8.15. The smallest absolute Gasteiger partial charge is 0.425 e. The molecule has 1 saturated heterocycles. The summed E-state index contributed by atoms with van der Waals surface area (Å²) in [6.45, 7) is 1.99. The van der Waals surface area contributed by atoms with Gasteiger partial charge in [0, 0.05) is 23.7 Å². The van der Waals surface area contributed by atoms with Crippen molar-refractivity contribution in [1.29, 1.82) is 0 Å². The number of nitrogens with zero attached hydrogens (tertiary/aromatic N) is 1. The van der Waals surface area contributed by atoms with Gasteiger partial charge >= 0.3 is 6.18 Å². The monoisotopic (exact) mass is 731 g/mol. The lowest BCUT2D eigenvalue weighted by molar-refractivity contribution is -0.189. The van der Waals surface area contributed by atoms with E-state index < -0.39 is 84.8 Å². The molecule has 1 heterocycles. The molecule has 10 nitrogen and oxygen atoms in total. The lowest BCUT2D eigenvalue weighted by Crippen LogP contribution is -2.54. The quantitative estimate of drug-likeness (QED) is 0.306. The molecule has 5 rings (SSSR count). The second-order valence-corrected chi connectivity index (χ2v) is 15.5. The number of hydrogen-bond acceptors (Lipinski definition) is 7. The molecule has 2 aromatic carbocycles. The number of likely N-dealkylation sites (tertiary alicyclic amines) is 1. The van der Waals surface area contributed by atoms with E-state index >= 15 is 0 Å². The zero-order valence-corrected chi connectivity index (χ0v) is 28.3. The molecular formula is C32H34Cl2F3N3O7S. The second-order valence-electron chi connectivity index (χ2n) is 12.4. The van der Waals surface area contributed by atoms with Crippen molar-refractivity contribution in [2.75, 3.05) is 6.54 Å². The molecule has 260 valence electrons. The SMILES string of the molecule is CCC(NC(=O)[C@@H]1C[C@@H](S(=O)(=O)c2ccc(OC(C)C(F)(F)F)cc2Cl)CN1C(=O)C1(c2ccc(Cl)cc2)CC1)C(=O)C(=O)NC1CC1. The van der Waals surface area contributed by atoms with E-state index in [1.807, 2.05) is 0 Å². The maximum atomic E-state index is 14.2. The van der Waals surface area contributed by atoms with Crippen molar-refractivity contribution in [2.45, 2.75) is 98.3 Å². The third kappa shape index (κ3) is 7.45. The predicted molar refractivity (Wildman–Crippen MR) is 169 cm³/mol. The van der Waals surface area contributed by atoms with Crippen LogP contribution in [0.3, 0.4) is 0 Å². The van der Waals surface area contributed by atoms with Gasteiger partial charge in [-0.1, -0.05) is 42.3 Å². The van der Waals surface area contributed by atoms with Crippen LogP contribution >= 0.6 is 23.2 Å². The molecular weight excluding hydrogens is 698 g/mol.